The maximum atomic E-state index is 12.9. The van der Waals surface area contributed by atoms with Crippen LogP contribution in [0.4, 0.5) is 10.1 Å². The normalized spacial score (nSPS) is 9.25. The summed E-state index contributed by atoms with van der Waals surface area (Å²) in [6.07, 6.45) is 1.69. The van der Waals surface area contributed by atoms with E-state index in [2.05, 4.69) is 5.32 Å². The Kier molecular flexibility index (Phi) is 2.80. The Morgan fingerprint density at radius 1 is 1.33 bits per heavy atom. The Labute approximate surface area is 71.3 Å². The average Bonchev–Trinajstić information content (AvgIpc) is 2.03. The van der Waals surface area contributed by atoms with Gasteiger partial charge in [-0.15, -0.1) is 0 Å². The van der Waals surface area contributed by atoms with Crippen LogP contribution in [-0.4, -0.2) is 25.0 Å². The first kappa shape index (κ1) is 8.71. The molecule has 1 N–H and O–H groups in total. The monoisotopic (exact) mass is 167 g/mol. The smallest absolute Gasteiger partial charge is 0.236 e. The van der Waals surface area contributed by atoms with Crippen LogP contribution in [0.5, 0.6) is 0 Å². The van der Waals surface area contributed by atoms with Crippen LogP contribution >= 0.6 is 0 Å². The summed E-state index contributed by atoms with van der Waals surface area (Å²) >= 11 is 0. The van der Waals surface area contributed by atoms with E-state index in [1.165, 1.54) is 6.07 Å². The molecule has 0 unspecified atom stereocenters. The third-order valence-corrected chi connectivity index (χ3v) is 1.35. The minimum atomic E-state index is -0.240. The molecule has 0 bridgehead atoms. The van der Waals surface area contributed by atoms with Crippen LogP contribution in [0, 0.1) is 5.82 Å². The van der Waals surface area contributed by atoms with Crippen LogP contribution in [0.3, 0.4) is 0 Å². The number of rotatable bonds is 2. The van der Waals surface area contributed by atoms with Gasteiger partial charge in [0.05, 0.1) is 14.1 Å². The summed E-state index contributed by atoms with van der Waals surface area (Å²) < 4.78 is 14.8. The number of anilines is 1. The quantitative estimate of drug-likeness (QED) is 0.401. The van der Waals surface area contributed by atoms with Crippen molar-refractivity contribution < 1.29 is 8.97 Å². The first-order chi connectivity index (χ1) is 5.70. The SMILES string of the molecule is C[N+](C)=CNc1ccccc1F. The Morgan fingerprint density at radius 2 is 2.00 bits per heavy atom. The predicted molar refractivity (Wildman–Crippen MR) is 48.2 cm³/mol. The van der Waals surface area contributed by atoms with Gasteiger partial charge in [-0.05, 0) is 12.1 Å². The molecule has 12 heavy (non-hydrogen) atoms. The van der Waals surface area contributed by atoms with E-state index >= 15 is 0 Å². The molecular weight excluding hydrogens is 155 g/mol. The van der Waals surface area contributed by atoms with Crippen molar-refractivity contribution in [2.24, 2.45) is 0 Å². The minimum Gasteiger partial charge on any atom is -0.273 e. The van der Waals surface area contributed by atoms with Crippen molar-refractivity contribution in [3.63, 3.8) is 0 Å². The maximum absolute atomic E-state index is 12.9. The van der Waals surface area contributed by atoms with Gasteiger partial charge in [0.25, 0.3) is 0 Å². The first-order valence-electron chi connectivity index (χ1n) is 3.71. The molecule has 0 saturated carbocycles. The van der Waals surface area contributed by atoms with Crippen molar-refractivity contribution in [3.8, 4) is 0 Å². The molecular formula is C9H12FN2+. The lowest BCUT2D eigenvalue weighted by molar-refractivity contribution is -0.459. The molecule has 3 heteroatoms. The summed E-state index contributed by atoms with van der Waals surface area (Å²) in [5.74, 6) is -0.240. The molecule has 0 heterocycles. The topological polar surface area (TPSA) is 15.0 Å². The molecule has 0 atom stereocenters. The van der Waals surface area contributed by atoms with Gasteiger partial charge < -0.3 is 0 Å². The molecule has 0 fully saturated rings. The second kappa shape index (κ2) is 3.85. The third kappa shape index (κ3) is 2.34. The van der Waals surface area contributed by atoms with E-state index in [-0.39, 0.29) is 5.82 Å². The highest BCUT2D eigenvalue weighted by atomic mass is 19.1. The van der Waals surface area contributed by atoms with Crippen molar-refractivity contribution in [2.75, 3.05) is 19.4 Å². The standard InChI is InChI=1S/C9H11FN2/c1-12(2)7-11-9-6-4-3-5-8(9)10/h3-7H,1-2H3/p+1. The molecule has 64 valence electrons. The fourth-order valence-corrected chi connectivity index (χ4v) is 0.777. The van der Waals surface area contributed by atoms with Gasteiger partial charge in [-0.2, -0.15) is 0 Å². The molecule has 1 aromatic carbocycles. The number of halogens is 1. The molecule has 0 saturated heterocycles. The number of para-hydroxylation sites is 1. The lowest BCUT2D eigenvalue weighted by Gasteiger charge is -1.95. The van der Waals surface area contributed by atoms with E-state index in [0.717, 1.165) is 0 Å². The largest absolute Gasteiger partial charge is 0.273 e. The highest BCUT2D eigenvalue weighted by Crippen LogP contribution is 2.10. The van der Waals surface area contributed by atoms with Gasteiger partial charge in [0.15, 0.2) is 11.5 Å². The highest BCUT2D eigenvalue weighted by Gasteiger charge is 2.00. The van der Waals surface area contributed by atoms with Gasteiger partial charge in [0.1, 0.15) is 0 Å². The van der Waals surface area contributed by atoms with Crippen molar-refractivity contribution in [3.05, 3.63) is 30.1 Å². The van der Waals surface area contributed by atoms with Crippen molar-refractivity contribution >= 4 is 12.0 Å². The molecule has 0 spiro atoms. The van der Waals surface area contributed by atoms with E-state index in [9.17, 15) is 4.39 Å². The molecule has 1 rings (SSSR count). The van der Waals surface area contributed by atoms with Gasteiger partial charge in [-0.1, -0.05) is 12.1 Å². The first-order valence-corrected chi connectivity index (χ1v) is 3.71. The fourth-order valence-electron chi connectivity index (χ4n) is 0.777. The molecule has 0 aliphatic heterocycles. The third-order valence-electron chi connectivity index (χ3n) is 1.35. The van der Waals surface area contributed by atoms with Gasteiger partial charge in [0.2, 0.25) is 6.34 Å². The number of hydrogen-bond donors (Lipinski definition) is 1. The molecule has 0 aliphatic rings. The zero-order chi connectivity index (χ0) is 8.97. The zero-order valence-electron chi connectivity index (χ0n) is 7.21. The fraction of sp³-hybridized carbons (Fsp3) is 0.222. The Morgan fingerprint density at radius 3 is 2.58 bits per heavy atom. The average molecular weight is 167 g/mol. The van der Waals surface area contributed by atoms with Crippen LogP contribution < -0.4 is 5.32 Å². The summed E-state index contributed by atoms with van der Waals surface area (Å²) in [5.41, 5.74) is 0.492. The number of benzene rings is 1. The number of nitrogens with zero attached hydrogens (tertiary/aromatic N) is 1. The van der Waals surface area contributed by atoms with E-state index in [0.29, 0.717) is 5.69 Å². The molecule has 0 aromatic heterocycles. The molecule has 0 amide bonds. The second-order valence-corrected chi connectivity index (χ2v) is 2.72. The van der Waals surface area contributed by atoms with E-state index in [1.807, 2.05) is 18.7 Å². The summed E-state index contributed by atoms with van der Waals surface area (Å²) in [6.45, 7) is 0. The summed E-state index contributed by atoms with van der Waals surface area (Å²) in [4.78, 5) is 0. The number of hydrogen-bond acceptors (Lipinski definition) is 0. The second-order valence-electron chi connectivity index (χ2n) is 2.72. The molecule has 0 aliphatic carbocycles. The van der Waals surface area contributed by atoms with Crippen LogP contribution in [0.1, 0.15) is 0 Å². The van der Waals surface area contributed by atoms with Crippen LogP contribution in [0.2, 0.25) is 0 Å². The molecule has 2 nitrogen and oxygen atoms in total. The summed E-state index contributed by atoms with van der Waals surface area (Å²) in [5, 5.41) is 2.84. The van der Waals surface area contributed by atoms with Gasteiger partial charge in [-0.25, -0.2) is 9.71 Å². The number of nitrogens with one attached hydrogen (secondary N) is 1. The summed E-state index contributed by atoms with van der Waals surface area (Å²) in [6, 6.07) is 6.56. The van der Waals surface area contributed by atoms with E-state index in [4.69, 9.17) is 0 Å². The van der Waals surface area contributed by atoms with E-state index in [1.54, 1.807) is 24.5 Å². The maximum Gasteiger partial charge on any atom is 0.236 e. The van der Waals surface area contributed by atoms with Crippen molar-refractivity contribution in [1.82, 2.24) is 0 Å². The van der Waals surface area contributed by atoms with E-state index < -0.39 is 0 Å². The lowest BCUT2D eigenvalue weighted by Crippen LogP contribution is -2.08. The highest BCUT2D eigenvalue weighted by molar-refractivity contribution is 5.72. The predicted octanol–water partition coefficient (Wildman–Crippen LogP) is 1.54. The van der Waals surface area contributed by atoms with Crippen molar-refractivity contribution in [2.45, 2.75) is 0 Å². The van der Waals surface area contributed by atoms with Crippen LogP contribution in [0.15, 0.2) is 24.3 Å². The van der Waals surface area contributed by atoms with Gasteiger partial charge in [-0.3, -0.25) is 4.58 Å². The van der Waals surface area contributed by atoms with Crippen LogP contribution in [-0.2, 0) is 0 Å². The Balaban J connectivity index is 2.76. The molecule has 0 radical (unpaired) electrons. The summed E-state index contributed by atoms with van der Waals surface area (Å²) in [7, 11) is 3.74. The van der Waals surface area contributed by atoms with Gasteiger partial charge >= 0.3 is 0 Å². The molecule has 1 aromatic rings. The van der Waals surface area contributed by atoms with Gasteiger partial charge in [0, 0.05) is 0 Å². The Hall–Kier alpha value is -1.38. The zero-order valence-corrected chi connectivity index (χ0v) is 7.21. The van der Waals surface area contributed by atoms with Crippen LogP contribution in [0.25, 0.3) is 0 Å². The minimum absolute atomic E-state index is 0.240. The Bertz CT molecular complexity index is 290. The van der Waals surface area contributed by atoms with Crippen molar-refractivity contribution in [1.29, 1.82) is 0 Å². The lowest BCUT2D eigenvalue weighted by atomic mass is 10.3.